The molecule has 0 fully saturated rings. The summed E-state index contributed by atoms with van der Waals surface area (Å²) in [7, 11) is 0. The summed E-state index contributed by atoms with van der Waals surface area (Å²) in [5, 5.41) is 0.952. The topological polar surface area (TPSA) is 43.1 Å². The Bertz CT molecular complexity index is 683. The first-order valence-electron chi connectivity index (χ1n) is 6.18. The number of hydrogen-bond acceptors (Lipinski definition) is 3. The molecule has 1 unspecified atom stereocenters. The Balaban J connectivity index is 1.95. The number of aromatic nitrogens is 1. The summed E-state index contributed by atoms with van der Waals surface area (Å²) in [6.07, 6.45) is 3.38. The highest BCUT2D eigenvalue weighted by molar-refractivity contribution is 6.01. The minimum absolute atomic E-state index is 0.0117. The van der Waals surface area contributed by atoms with Gasteiger partial charge in [-0.2, -0.15) is 0 Å². The molecular weight excluding hydrogens is 238 g/mol. The standard InChI is InChI=1S/C16H13NO2/c1-11(12-6-8-17-9-7-12)16(18)15-10-13-4-2-3-5-14(13)19-15/h2-11H,1H3. The molecule has 3 aromatic rings. The molecule has 0 bridgehead atoms. The molecule has 3 heteroatoms. The van der Waals surface area contributed by atoms with Crippen LogP contribution in [0.25, 0.3) is 11.0 Å². The molecule has 1 aromatic carbocycles. The van der Waals surface area contributed by atoms with E-state index in [0.717, 1.165) is 16.5 Å². The van der Waals surface area contributed by atoms with Crippen LogP contribution in [0.15, 0.2) is 59.3 Å². The van der Waals surface area contributed by atoms with Gasteiger partial charge in [0.25, 0.3) is 0 Å². The minimum Gasteiger partial charge on any atom is -0.453 e. The van der Waals surface area contributed by atoms with Crippen LogP contribution in [0.4, 0.5) is 0 Å². The van der Waals surface area contributed by atoms with Gasteiger partial charge in [0.1, 0.15) is 5.58 Å². The number of furan rings is 1. The third-order valence-electron chi connectivity index (χ3n) is 3.27. The molecule has 0 aliphatic heterocycles. The summed E-state index contributed by atoms with van der Waals surface area (Å²) in [5.41, 5.74) is 1.69. The highest BCUT2D eigenvalue weighted by Crippen LogP contribution is 2.25. The van der Waals surface area contributed by atoms with Crippen LogP contribution >= 0.6 is 0 Å². The molecule has 3 rings (SSSR count). The van der Waals surface area contributed by atoms with Crippen molar-refractivity contribution < 1.29 is 9.21 Å². The molecule has 0 radical (unpaired) electrons. The molecule has 0 saturated heterocycles. The number of rotatable bonds is 3. The van der Waals surface area contributed by atoms with Crippen molar-refractivity contribution in [3.05, 3.63) is 66.2 Å². The molecule has 3 nitrogen and oxygen atoms in total. The lowest BCUT2D eigenvalue weighted by atomic mass is 9.96. The summed E-state index contributed by atoms with van der Waals surface area (Å²) < 4.78 is 5.61. The highest BCUT2D eigenvalue weighted by atomic mass is 16.3. The molecule has 2 heterocycles. The molecule has 0 aliphatic carbocycles. The molecule has 1 atom stereocenters. The van der Waals surface area contributed by atoms with Gasteiger partial charge in [-0.1, -0.05) is 25.1 Å². The van der Waals surface area contributed by atoms with Crippen LogP contribution in [0.3, 0.4) is 0 Å². The van der Waals surface area contributed by atoms with Gasteiger partial charge in [0.2, 0.25) is 5.78 Å². The van der Waals surface area contributed by atoms with Crippen molar-refractivity contribution >= 4 is 16.8 Å². The number of ketones is 1. The van der Waals surface area contributed by atoms with E-state index in [0.29, 0.717) is 5.76 Å². The van der Waals surface area contributed by atoms with Crippen LogP contribution in [-0.4, -0.2) is 10.8 Å². The third-order valence-corrected chi connectivity index (χ3v) is 3.27. The van der Waals surface area contributed by atoms with Crippen molar-refractivity contribution in [3.63, 3.8) is 0 Å². The third kappa shape index (κ3) is 2.15. The Hall–Kier alpha value is -2.42. The number of carbonyl (C=O) groups is 1. The van der Waals surface area contributed by atoms with E-state index in [1.807, 2.05) is 43.3 Å². The summed E-state index contributed by atoms with van der Waals surface area (Å²) in [4.78, 5) is 16.4. The van der Waals surface area contributed by atoms with Crippen molar-refractivity contribution in [1.82, 2.24) is 4.98 Å². The zero-order valence-corrected chi connectivity index (χ0v) is 10.5. The minimum atomic E-state index is -0.233. The van der Waals surface area contributed by atoms with E-state index < -0.39 is 0 Å². The maximum absolute atomic E-state index is 12.4. The van der Waals surface area contributed by atoms with Gasteiger partial charge in [-0.15, -0.1) is 0 Å². The first-order chi connectivity index (χ1) is 9.25. The smallest absolute Gasteiger partial charge is 0.205 e. The number of Topliss-reactive ketones (excluding diaryl/α,β-unsaturated/α-hetero) is 1. The molecule has 94 valence electrons. The predicted molar refractivity (Wildman–Crippen MR) is 73.2 cm³/mol. The lowest BCUT2D eigenvalue weighted by Gasteiger charge is -2.07. The lowest BCUT2D eigenvalue weighted by Crippen LogP contribution is -2.08. The van der Waals surface area contributed by atoms with Crippen molar-refractivity contribution in [2.75, 3.05) is 0 Å². The van der Waals surface area contributed by atoms with Crippen molar-refractivity contribution in [1.29, 1.82) is 0 Å². The average molecular weight is 251 g/mol. The van der Waals surface area contributed by atoms with Gasteiger partial charge in [0, 0.05) is 23.7 Å². The van der Waals surface area contributed by atoms with Crippen LogP contribution in [0, 0.1) is 0 Å². The van der Waals surface area contributed by atoms with Gasteiger partial charge >= 0.3 is 0 Å². The van der Waals surface area contributed by atoms with Gasteiger partial charge in [-0.25, -0.2) is 0 Å². The largest absolute Gasteiger partial charge is 0.453 e. The van der Waals surface area contributed by atoms with Crippen LogP contribution in [-0.2, 0) is 0 Å². The Labute approximate surface area is 110 Å². The lowest BCUT2D eigenvalue weighted by molar-refractivity contribution is 0.0941. The van der Waals surface area contributed by atoms with E-state index in [9.17, 15) is 4.79 Å². The number of carbonyl (C=O) groups excluding carboxylic acids is 1. The second-order valence-electron chi connectivity index (χ2n) is 4.51. The van der Waals surface area contributed by atoms with Crippen LogP contribution in [0.1, 0.15) is 29.0 Å². The number of benzene rings is 1. The Kier molecular flexibility index (Phi) is 2.88. The number of fused-ring (bicyclic) bond motifs is 1. The van der Waals surface area contributed by atoms with Crippen LogP contribution in [0.5, 0.6) is 0 Å². The van der Waals surface area contributed by atoms with E-state index >= 15 is 0 Å². The number of pyridine rings is 1. The van der Waals surface area contributed by atoms with Crippen molar-refractivity contribution in [2.45, 2.75) is 12.8 Å². The molecule has 2 aromatic heterocycles. The quantitative estimate of drug-likeness (QED) is 0.665. The fourth-order valence-corrected chi connectivity index (χ4v) is 2.12. The predicted octanol–water partition coefficient (Wildman–Crippen LogP) is 3.81. The molecule has 0 saturated carbocycles. The second-order valence-corrected chi connectivity index (χ2v) is 4.51. The van der Waals surface area contributed by atoms with E-state index in [2.05, 4.69) is 4.98 Å². The fourth-order valence-electron chi connectivity index (χ4n) is 2.12. The van der Waals surface area contributed by atoms with Crippen molar-refractivity contribution in [3.8, 4) is 0 Å². The molecule has 0 spiro atoms. The van der Waals surface area contributed by atoms with Gasteiger partial charge in [0.05, 0.1) is 0 Å². The fraction of sp³-hybridized carbons (Fsp3) is 0.125. The zero-order valence-electron chi connectivity index (χ0n) is 10.5. The maximum Gasteiger partial charge on any atom is 0.205 e. The highest BCUT2D eigenvalue weighted by Gasteiger charge is 2.20. The summed E-state index contributed by atoms with van der Waals surface area (Å²) >= 11 is 0. The summed E-state index contributed by atoms with van der Waals surface area (Å²) in [5.74, 6) is 0.163. The monoisotopic (exact) mass is 251 g/mol. The van der Waals surface area contributed by atoms with Gasteiger partial charge in [-0.3, -0.25) is 9.78 Å². The van der Waals surface area contributed by atoms with Gasteiger partial charge < -0.3 is 4.42 Å². The molecule has 19 heavy (non-hydrogen) atoms. The second kappa shape index (κ2) is 4.69. The molecule has 0 aliphatic rings. The molecule has 0 N–H and O–H groups in total. The molecular formula is C16H13NO2. The van der Waals surface area contributed by atoms with E-state index in [1.54, 1.807) is 18.5 Å². The van der Waals surface area contributed by atoms with E-state index in [1.165, 1.54) is 0 Å². The van der Waals surface area contributed by atoms with Gasteiger partial charge in [0.15, 0.2) is 5.76 Å². The normalized spacial score (nSPS) is 12.5. The zero-order chi connectivity index (χ0) is 13.2. The number of nitrogens with zero attached hydrogens (tertiary/aromatic N) is 1. The maximum atomic E-state index is 12.4. The first-order valence-corrected chi connectivity index (χ1v) is 6.18. The average Bonchev–Trinajstić information content (AvgIpc) is 2.90. The Morgan fingerprint density at radius 1 is 1.16 bits per heavy atom. The number of para-hydroxylation sites is 1. The van der Waals surface area contributed by atoms with Crippen LogP contribution < -0.4 is 0 Å². The van der Waals surface area contributed by atoms with E-state index in [4.69, 9.17) is 4.42 Å². The Morgan fingerprint density at radius 3 is 2.63 bits per heavy atom. The Morgan fingerprint density at radius 2 is 1.89 bits per heavy atom. The molecule has 0 amide bonds. The van der Waals surface area contributed by atoms with Crippen LogP contribution in [0.2, 0.25) is 0 Å². The summed E-state index contributed by atoms with van der Waals surface area (Å²) in [6.45, 7) is 1.88. The van der Waals surface area contributed by atoms with Crippen molar-refractivity contribution in [2.24, 2.45) is 0 Å². The number of hydrogen-bond donors (Lipinski definition) is 0. The van der Waals surface area contributed by atoms with E-state index in [-0.39, 0.29) is 11.7 Å². The van der Waals surface area contributed by atoms with Gasteiger partial charge in [-0.05, 0) is 29.8 Å². The summed E-state index contributed by atoms with van der Waals surface area (Å²) in [6, 6.07) is 13.1. The SMILES string of the molecule is CC(C(=O)c1cc2ccccc2o1)c1ccncc1. The first kappa shape index (κ1) is 11.7.